The molecule has 1 saturated carbocycles. The van der Waals surface area contributed by atoms with Gasteiger partial charge in [0, 0.05) is 25.0 Å². The van der Waals surface area contributed by atoms with Crippen LogP contribution in [0.4, 0.5) is 0 Å². The average Bonchev–Trinajstić information content (AvgIpc) is 2.84. The van der Waals surface area contributed by atoms with E-state index in [-0.39, 0.29) is 0 Å². The van der Waals surface area contributed by atoms with E-state index < -0.39 is 0 Å². The molecule has 3 unspecified atom stereocenters. The van der Waals surface area contributed by atoms with E-state index in [0.29, 0.717) is 24.5 Å². The largest absolute Gasteiger partial charge is 0.396 e. The number of aliphatic hydroxyl groups excluding tert-OH is 1. The van der Waals surface area contributed by atoms with Crippen LogP contribution in [0.25, 0.3) is 0 Å². The van der Waals surface area contributed by atoms with Gasteiger partial charge in [0.1, 0.15) is 0 Å². The molecule has 2 rings (SSSR count). The highest BCUT2D eigenvalue weighted by atomic mass is 16.3. The summed E-state index contributed by atoms with van der Waals surface area (Å²) in [4.78, 5) is 4.03. The summed E-state index contributed by atoms with van der Waals surface area (Å²) >= 11 is 0. The van der Waals surface area contributed by atoms with Crippen molar-refractivity contribution >= 4 is 0 Å². The fraction of sp³-hybridized carbons (Fsp3) is 0.643. The van der Waals surface area contributed by atoms with Crippen LogP contribution in [0.1, 0.15) is 37.8 Å². The Hall–Kier alpha value is -0.930. The van der Waals surface area contributed by atoms with E-state index >= 15 is 0 Å². The predicted octanol–water partition coefficient (Wildman–Crippen LogP) is 2.14. The fourth-order valence-corrected chi connectivity index (χ4v) is 2.72. The van der Waals surface area contributed by atoms with Crippen LogP contribution in [0.2, 0.25) is 0 Å². The lowest BCUT2D eigenvalue weighted by atomic mass is 9.96. The van der Waals surface area contributed by atoms with Gasteiger partial charge in [-0.3, -0.25) is 4.98 Å². The molecule has 0 bridgehead atoms. The molecule has 0 aliphatic heterocycles. The van der Waals surface area contributed by atoms with Crippen molar-refractivity contribution in [2.75, 3.05) is 13.2 Å². The smallest absolute Gasteiger partial charge is 0.0462 e. The van der Waals surface area contributed by atoms with E-state index in [2.05, 4.69) is 29.4 Å². The molecule has 0 saturated heterocycles. The zero-order chi connectivity index (χ0) is 12.1. The minimum Gasteiger partial charge on any atom is -0.396 e. The molecule has 1 aliphatic carbocycles. The van der Waals surface area contributed by atoms with Crippen molar-refractivity contribution in [3.05, 3.63) is 30.1 Å². The highest BCUT2D eigenvalue weighted by Crippen LogP contribution is 2.31. The van der Waals surface area contributed by atoms with Gasteiger partial charge in [-0.15, -0.1) is 0 Å². The lowest BCUT2D eigenvalue weighted by molar-refractivity contribution is 0.190. The monoisotopic (exact) mass is 234 g/mol. The Bertz CT molecular complexity index is 328. The van der Waals surface area contributed by atoms with E-state index in [1.54, 1.807) is 0 Å². The number of hydrogen-bond donors (Lipinski definition) is 2. The van der Waals surface area contributed by atoms with Crippen LogP contribution >= 0.6 is 0 Å². The summed E-state index contributed by atoms with van der Waals surface area (Å²) in [5.41, 5.74) is 1.28. The number of aromatic nitrogens is 1. The second-order valence-corrected chi connectivity index (χ2v) is 5.04. The van der Waals surface area contributed by atoms with Crippen LogP contribution in [0, 0.1) is 11.8 Å². The van der Waals surface area contributed by atoms with Gasteiger partial charge in [0.05, 0.1) is 0 Å². The highest BCUT2D eigenvalue weighted by Gasteiger charge is 2.26. The summed E-state index contributed by atoms with van der Waals surface area (Å²) < 4.78 is 0. The lowest BCUT2D eigenvalue weighted by Crippen LogP contribution is -2.28. The standard InChI is InChI=1S/C14H22N2O/c1-11(12-5-7-15-8-6-12)16-9-13-3-2-4-14(13)10-17/h5-8,11,13-14,16-17H,2-4,9-10H2,1H3. The number of rotatable bonds is 5. The molecule has 3 atom stereocenters. The van der Waals surface area contributed by atoms with Crippen LogP contribution in [0.15, 0.2) is 24.5 Å². The summed E-state index contributed by atoms with van der Waals surface area (Å²) in [5.74, 6) is 1.15. The first-order chi connectivity index (χ1) is 8.31. The molecule has 17 heavy (non-hydrogen) atoms. The summed E-state index contributed by atoms with van der Waals surface area (Å²) in [6.07, 6.45) is 7.37. The van der Waals surface area contributed by atoms with Gasteiger partial charge in [-0.1, -0.05) is 6.42 Å². The number of aliphatic hydroxyl groups is 1. The molecule has 2 N–H and O–H groups in total. The molecule has 0 aromatic carbocycles. The number of nitrogens with zero attached hydrogens (tertiary/aromatic N) is 1. The van der Waals surface area contributed by atoms with Crippen LogP contribution in [-0.2, 0) is 0 Å². The van der Waals surface area contributed by atoms with E-state index in [1.165, 1.54) is 24.8 Å². The normalized spacial score (nSPS) is 26.0. The number of pyridine rings is 1. The maximum absolute atomic E-state index is 9.28. The highest BCUT2D eigenvalue weighted by molar-refractivity contribution is 5.13. The minimum atomic E-state index is 0.343. The van der Waals surface area contributed by atoms with Crippen LogP contribution in [-0.4, -0.2) is 23.2 Å². The molecule has 1 aromatic heterocycles. The van der Waals surface area contributed by atoms with Gasteiger partial charge in [0.2, 0.25) is 0 Å². The Balaban J connectivity index is 1.82. The molecular weight excluding hydrogens is 212 g/mol. The zero-order valence-corrected chi connectivity index (χ0v) is 10.5. The van der Waals surface area contributed by atoms with Gasteiger partial charge in [0.15, 0.2) is 0 Å². The second kappa shape index (κ2) is 6.12. The van der Waals surface area contributed by atoms with Crippen molar-refractivity contribution in [3.63, 3.8) is 0 Å². The zero-order valence-electron chi connectivity index (χ0n) is 10.5. The topological polar surface area (TPSA) is 45.1 Å². The third-order valence-corrected chi connectivity index (χ3v) is 3.94. The molecule has 0 spiro atoms. The van der Waals surface area contributed by atoms with Crippen molar-refractivity contribution < 1.29 is 5.11 Å². The van der Waals surface area contributed by atoms with Crippen molar-refractivity contribution in [2.24, 2.45) is 11.8 Å². The maximum Gasteiger partial charge on any atom is 0.0462 e. The van der Waals surface area contributed by atoms with E-state index in [4.69, 9.17) is 0 Å². The molecule has 1 fully saturated rings. The average molecular weight is 234 g/mol. The summed E-state index contributed by atoms with van der Waals surface area (Å²) in [6, 6.07) is 4.46. The Kier molecular flexibility index (Phi) is 4.51. The van der Waals surface area contributed by atoms with Crippen molar-refractivity contribution in [2.45, 2.75) is 32.2 Å². The van der Waals surface area contributed by atoms with Crippen LogP contribution in [0.3, 0.4) is 0 Å². The molecule has 3 nitrogen and oxygen atoms in total. The lowest BCUT2D eigenvalue weighted by Gasteiger charge is -2.21. The minimum absolute atomic E-state index is 0.343. The molecule has 1 aromatic rings. The van der Waals surface area contributed by atoms with Crippen molar-refractivity contribution in [1.29, 1.82) is 0 Å². The van der Waals surface area contributed by atoms with Crippen LogP contribution < -0.4 is 5.32 Å². The summed E-state index contributed by atoms with van der Waals surface area (Å²) in [5, 5.41) is 12.8. The third kappa shape index (κ3) is 3.27. The molecule has 94 valence electrons. The Labute approximate surface area is 103 Å². The quantitative estimate of drug-likeness (QED) is 0.820. The van der Waals surface area contributed by atoms with E-state index in [9.17, 15) is 5.11 Å². The maximum atomic E-state index is 9.28. The van der Waals surface area contributed by atoms with E-state index in [1.807, 2.05) is 12.4 Å². The molecular formula is C14H22N2O. The molecule has 1 heterocycles. The molecule has 1 aliphatic rings. The molecule has 0 amide bonds. The first-order valence-electron chi connectivity index (χ1n) is 6.55. The van der Waals surface area contributed by atoms with Gasteiger partial charge in [-0.25, -0.2) is 0 Å². The van der Waals surface area contributed by atoms with Crippen LogP contribution in [0.5, 0.6) is 0 Å². The Morgan fingerprint density at radius 3 is 2.76 bits per heavy atom. The Morgan fingerprint density at radius 2 is 2.06 bits per heavy atom. The molecule has 3 heteroatoms. The Morgan fingerprint density at radius 1 is 1.35 bits per heavy atom. The molecule has 0 radical (unpaired) electrons. The SMILES string of the molecule is CC(NCC1CCCC1CO)c1ccncc1. The van der Waals surface area contributed by atoms with Gasteiger partial charge >= 0.3 is 0 Å². The first-order valence-corrected chi connectivity index (χ1v) is 6.55. The van der Waals surface area contributed by atoms with Crippen molar-refractivity contribution in [3.8, 4) is 0 Å². The van der Waals surface area contributed by atoms with Gasteiger partial charge < -0.3 is 10.4 Å². The fourth-order valence-electron chi connectivity index (χ4n) is 2.72. The predicted molar refractivity (Wildman–Crippen MR) is 68.6 cm³/mol. The van der Waals surface area contributed by atoms with Gasteiger partial charge in [-0.2, -0.15) is 0 Å². The van der Waals surface area contributed by atoms with E-state index in [0.717, 1.165) is 6.54 Å². The van der Waals surface area contributed by atoms with Gasteiger partial charge in [-0.05, 0) is 55.8 Å². The summed E-state index contributed by atoms with van der Waals surface area (Å²) in [7, 11) is 0. The number of nitrogens with one attached hydrogen (secondary N) is 1. The number of hydrogen-bond acceptors (Lipinski definition) is 3. The van der Waals surface area contributed by atoms with Gasteiger partial charge in [0.25, 0.3) is 0 Å². The second-order valence-electron chi connectivity index (χ2n) is 5.04. The van der Waals surface area contributed by atoms with Crippen molar-refractivity contribution in [1.82, 2.24) is 10.3 Å². The summed E-state index contributed by atoms with van der Waals surface area (Å²) in [6.45, 7) is 3.53. The first kappa shape index (κ1) is 12.5. The third-order valence-electron chi connectivity index (χ3n) is 3.94.